The van der Waals surface area contributed by atoms with Gasteiger partial charge in [-0.2, -0.15) is 0 Å². The Labute approximate surface area is 151 Å². The van der Waals surface area contributed by atoms with Crippen LogP contribution in [0.3, 0.4) is 0 Å². The van der Waals surface area contributed by atoms with Crippen LogP contribution in [0.4, 0.5) is 5.69 Å². The third kappa shape index (κ3) is 3.29. The largest absolute Gasteiger partial charge is 0.324 e. The van der Waals surface area contributed by atoms with Crippen molar-refractivity contribution in [2.24, 2.45) is 10.9 Å². The topological polar surface area (TPSA) is 41.5 Å². The fourth-order valence-corrected chi connectivity index (χ4v) is 3.54. The van der Waals surface area contributed by atoms with Gasteiger partial charge in [0.25, 0.3) is 0 Å². The molecule has 0 saturated heterocycles. The third-order valence-corrected chi connectivity index (χ3v) is 5.07. The van der Waals surface area contributed by atoms with E-state index in [9.17, 15) is 4.79 Å². The van der Waals surface area contributed by atoms with Crippen LogP contribution in [-0.4, -0.2) is 17.7 Å². The molecule has 0 saturated carbocycles. The molecule has 124 valence electrons. The van der Waals surface area contributed by atoms with Gasteiger partial charge in [-0.15, -0.1) is 0 Å². The molecule has 0 spiro atoms. The van der Waals surface area contributed by atoms with Crippen LogP contribution in [0.5, 0.6) is 0 Å². The van der Waals surface area contributed by atoms with E-state index in [1.54, 1.807) is 0 Å². The summed E-state index contributed by atoms with van der Waals surface area (Å²) in [7, 11) is 0. The van der Waals surface area contributed by atoms with E-state index >= 15 is 0 Å². The smallest absolute Gasteiger partial charge is 0.249 e. The molecule has 0 aliphatic carbocycles. The summed E-state index contributed by atoms with van der Waals surface area (Å²) in [5, 5.41) is 3.07. The van der Waals surface area contributed by atoms with Gasteiger partial charge < -0.3 is 5.32 Å². The number of rotatable bonds is 4. The van der Waals surface area contributed by atoms with Crippen LogP contribution in [0, 0.1) is 5.92 Å². The van der Waals surface area contributed by atoms with Gasteiger partial charge in [-0.3, -0.25) is 9.79 Å². The second-order valence-electron chi connectivity index (χ2n) is 6.04. The lowest BCUT2D eigenvalue weighted by Gasteiger charge is -2.20. The van der Waals surface area contributed by atoms with Crippen molar-refractivity contribution in [2.45, 2.75) is 32.7 Å². The number of hydrogen-bond donors (Lipinski definition) is 1. The number of amides is 1. The van der Waals surface area contributed by atoms with Crippen molar-refractivity contribution in [3.05, 3.63) is 64.1 Å². The molecule has 2 aromatic rings. The van der Waals surface area contributed by atoms with Crippen LogP contribution < -0.4 is 5.32 Å². The lowest BCUT2D eigenvalue weighted by molar-refractivity contribution is -0.118. The Morgan fingerprint density at radius 1 is 1.12 bits per heavy atom. The highest BCUT2D eigenvalue weighted by molar-refractivity contribution is 9.10. The van der Waals surface area contributed by atoms with Crippen molar-refractivity contribution in [1.29, 1.82) is 0 Å². The minimum Gasteiger partial charge on any atom is -0.324 e. The van der Waals surface area contributed by atoms with Gasteiger partial charge in [0.1, 0.15) is 6.04 Å². The standard InChI is InChI=1S/C20H21BrN2O/c1-3-13(4-2)19-20(24)22-17-11-10-15(21)12-16(17)18(23-19)14-8-6-5-7-9-14/h5-13,19H,3-4H2,1-2H3,(H,22,24)/t19-/m0/s1. The SMILES string of the molecule is CCC(CC)[C@@H]1N=C(c2ccccc2)c2cc(Br)ccc2NC1=O. The monoisotopic (exact) mass is 384 g/mol. The Kier molecular flexibility index (Phi) is 5.14. The van der Waals surface area contributed by atoms with Crippen LogP contribution in [0.25, 0.3) is 0 Å². The first-order valence-corrected chi connectivity index (χ1v) is 9.17. The number of hydrogen-bond acceptors (Lipinski definition) is 2. The summed E-state index contributed by atoms with van der Waals surface area (Å²) in [6.07, 6.45) is 1.86. The van der Waals surface area contributed by atoms with Crippen molar-refractivity contribution in [3.8, 4) is 0 Å². The van der Waals surface area contributed by atoms with Gasteiger partial charge in [-0.05, 0) is 24.1 Å². The number of nitrogens with zero attached hydrogens (tertiary/aromatic N) is 1. The molecule has 1 N–H and O–H groups in total. The molecular formula is C20H21BrN2O. The maximum absolute atomic E-state index is 12.8. The van der Waals surface area contributed by atoms with Crippen LogP contribution in [-0.2, 0) is 4.79 Å². The maximum atomic E-state index is 12.8. The van der Waals surface area contributed by atoms with E-state index in [1.807, 2.05) is 48.5 Å². The highest BCUT2D eigenvalue weighted by Crippen LogP contribution is 2.30. The van der Waals surface area contributed by atoms with Crippen molar-refractivity contribution in [1.82, 2.24) is 0 Å². The molecule has 4 heteroatoms. The molecule has 1 amide bonds. The third-order valence-electron chi connectivity index (χ3n) is 4.57. The van der Waals surface area contributed by atoms with Gasteiger partial charge in [-0.25, -0.2) is 0 Å². The summed E-state index contributed by atoms with van der Waals surface area (Å²) in [4.78, 5) is 17.7. The molecule has 3 rings (SSSR count). The van der Waals surface area contributed by atoms with Crippen LogP contribution in [0.2, 0.25) is 0 Å². The fraction of sp³-hybridized carbons (Fsp3) is 0.300. The molecule has 3 nitrogen and oxygen atoms in total. The van der Waals surface area contributed by atoms with E-state index < -0.39 is 0 Å². The van der Waals surface area contributed by atoms with Crippen molar-refractivity contribution in [3.63, 3.8) is 0 Å². The minimum absolute atomic E-state index is 0.0156. The number of nitrogens with one attached hydrogen (secondary N) is 1. The molecule has 0 aromatic heterocycles. The lowest BCUT2D eigenvalue weighted by Crippen LogP contribution is -2.32. The van der Waals surface area contributed by atoms with Crippen molar-refractivity contribution < 1.29 is 4.79 Å². The molecule has 2 aromatic carbocycles. The first-order chi connectivity index (χ1) is 11.6. The zero-order valence-electron chi connectivity index (χ0n) is 13.9. The molecule has 1 aliphatic rings. The fourth-order valence-electron chi connectivity index (χ4n) is 3.18. The van der Waals surface area contributed by atoms with Gasteiger partial charge in [0.2, 0.25) is 5.91 Å². The second kappa shape index (κ2) is 7.31. The predicted molar refractivity (Wildman–Crippen MR) is 103 cm³/mol. The normalized spacial score (nSPS) is 17.1. The summed E-state index contributed by atoms with van der Waals surface area (Å²) < 4.78 is 0.972. The van der Waals surface area contributed by atoms with Crippen LogP contribution in [0.15, 0.2) is 58.0 Å². The Morgan fingerprint density at radius 3 is 2.50 bits per heavy atom. The van der Waals surface area contributed by atoms with Gasteiger partial charge in [0, 0.05) is 15.6 Å². The lowest BCUT2D eigenvalue weighted by atomic mass is 9.93. The summed E-state index contributed by atoms with van der Waals surface area (Å²) in [6.45, 7) is 4.24. The number of halogens is 1. The van der Waals surface area contributed by atoms with Gasteiger partial charge >= 0.3 is 0 Å². The molecule has 0 radical (unpaired) electrons. The molecule has 0 unspecified atom stereocenters. The number of benzodiazepines with no additional fused rings is 1. The Bertz CT molecular complexity index is 766. The van der Waals surface area contributed by atoms with Gasteiger partial charge in [0.05, 0.1) is 11.4 Å². The number of fused-ring (bicyclic) bond motifs is 1. The minimum atomic E-state index is -0.360. The number of benzene rings is 2. The zero-order valence-corrected chi connectivity index (χ0v) is 15.5. The van der Waals surface area contributed by atoms with E-state index in [0.29, 0.717) is 0 Å². The number of aliphatic imine (C=N–C) groups is 1. The van der Waals surface area contributed by atoms with Crippen molar-refractivity contribution in [2.75, 3.05) is 5.32 Å². The highest BCUT2D eigenvalue weighted by Gasteiger charge is 2.30. The average Bonchev–Trinajstić information content (AvgIpc) is 2.74. The summed E-state index contributed by atoms with van der Waals surface area (Å²) in [5.74, 6) is 0.222. The van der Waals surface area contributed by atoms with E-state index in [1.165, 1.54) is 0 Å². The molecule has 24 heavy (non-hydrogen) atoms. The van der Waals surface area contributed by atoms with E-state index in [4.69, 9.17) is 4.99 Å². The number of anilines is 1. The van der Waals surface area contributed by atoms with E-state index in [-0.39, 0.29) is 17.9 Å². The Morgan fingerprint density at radius 2 is 1.83 bits per heavy atom. The average molecular weight is 385 g/mol. The van der Waals surface area contributed by atoms with Gasteiger partial charge in [-0.1, -0.05) is 73.0 Å². The summed E-state index contributed by atoms with van der Waals surface area (Å²) in [6, 6.07) is 15.6. The molecule has 1 atom stereocenters. The quantitative estimate of drug-likeness (QED) is 0.787. The van der Waals surface area contributed by atoms with Crippen LogP contribution >= 0.6 is 15.9 Å². The van der Waals surface area contributed by atoms with Gasteiger partial charge in [0.15, 0.2) is 0 Å². The number of carbonyl (C=O) groups is 1. The first-order valence-electron chi connectivity index (χ1n) is 8.38. The molecule has 1 aliphatic heterocycles. The molecule has 1 heterocycles. The molecule has 0 fully saturated rings. The Balaban J connectivity index is 2.20. The van der Waals surface area contributed by atoms with E-state index in [0.717, 1.165) is 39.8 Å². The Hall–Kier alpha value is -1.94. The van der Waals surface area contributed by atoms with E-state index in [2.05, 4.69) is 35.1 Å². The predicted octanol–water partition coefficient (Wildman–Crippen LogP) is 5.04. The van der Waals surface area contributed by atoms with Crippen molar-refractivity contribution >= 4 is 33.2 Å². The van der Waals surface area contributed by atoms with Crippen LogP contribution in [0.1, 0.15) is 37.8 Å². The maximum Gasteiger partial charge on any atom is 0.249 e. The second-order valence-corrected chi connectivity index (χ2v) is 6.96. The zero-order chi connectivity index (χ0) is 17.1. The highest BCUT2D eigenvalue weighted by atomic mass is 79.9. The molecular weight excluding hydrogens is 364 g/mol. The summed E-state index contributed by atoms with van der Waals surface area (Å²) >= 11 is 3.53. The first kappa shape index (κ1) is 16.9. The molecule has 0 bridgehead atoms. The number of carbonyl (C=O) groups excluding carboxylic acids is 1. The summed E-state index contributed by atoms with van der Waals surface area (Å²) in [5.41, 5.74) is 3.68.